The highest BCUT2D eigenvalue weighted by Gasteiger charge is 2.02. The third-order valence-corrected chi connectivity index (χ3v) is 2.61. The minimum Gasteiger partial charge on any atom is -0.398 e. The van der Waals surface area contributed by atoms with E-state index in [0.29, 0.717) is 0 Å². The Morgan fingerprint density at radius 2 is 2.36 bits per heavy atom. The quantitative estimate of drug-likeness (QED) is 0.684. The van der Waals surface area contributed by atoms with E-state index in [-0.39, 0.29) is 0 Å². The molecule has 2 aromatic rings. The first kappa shape index (κ1) is 6.88. The second-order valence-corrected chi connectivity index (χ2v) is 3.83. The molecule has 0 fully saturated rings. The average Bonchev–Trinajstić information content (AvgIpc) is 2.31. The van der Waals surface area contributed by atoms with Crippen molar-refractivity contribution in [3.63, 3.8) is 0 Å². The van der Waals surface area contributed by atoms with Crippen molar-refractivity contribution in [2.75, 3.05) is 5.73 Å². The lowest BCUT2D eigenvalue weighted by molar-refractivity contribution is 1.45. The molecule has 56 valence electrons. The Labute approximate surface area is 72.6 Å². The van der Waals surface area contributed by atoms with Crippen molar-refractivity contribution < 1.29 is 0 Å². The monoisotopic (exact) mass is 184 g/mol. The molecule has 11 heavy (non-hydrogen) atoms. The first-order chi connectivity index (χ1) is 5.27. The highest BCUT2D eigenvalue weighted by atomic mass is 35.5. The van der Waals surface area contributed by atoms with Crippen LogP contribution in [0.3, 0.4) is 0 Å². The van der Waals surface area contributed by atoms with Gasteiger partial charge in [-0.25, -0.2) is 4.98 Å². The number of nitrogen functional groups attached to an aromatic ring is 1. The van der Waals surface area contributed by atoms with Crippen molar-refractivity contribution in [2.45, 2.75) is 0 Å². The van der Waals surface area contributed by atoms with Gasteiger partial charge in [0.25, 0.3) is 0 Å². The van der Waals surface area contributed by atoms with Gasteiger partial charge in [-0.15, -0.1) is 11.3 Å². The van der Waals surface area contributed by atoms with Crippen LogP contribution in [-0.2, 0) is 0 Å². The van der Waals surface area contributed by atoms with Gasteiger partial charge < -0.3 is 5.73 Å². The molecule has 2 heterocycles. The van der Waals surface area contributed by atoms with Crippen LogP contribution in [0.5, 0.6) is 0 Å². The van der Waals surface area contributed by atoms with Gasteiger partial charge in [0.1, 0.15) is 4.83 Å². The van der Waals surface area contributed by atoms with Crippen molar-refractivity contribution in [3.8, 4) is 0 Å². The highest BCUT2D eigenvalue weighted by molar-refractivity contribution is 7.22. The Bertz CT molecular complexity index is 396. The van der Waals surface area contributed by atoms with E-state index in [1.165, 1.54) is 11.3 Å². The number of aromatic nitrogens is 1. The van der Waals surface area contributed by atoms with E-state index in [2.05, 4.69) is 4.98 Å². The number of nitrogens with zero attached hydrogens (tertiary/aromatic N) is 1. The third-order valence-electron chi connectivity index (χ3n) is 1.44. The standard InChI is InChI=1S/C7H5ClN2S/c8-6-3-4-5(9)1-2-10-7(4)11-6/h1-3H,(H2,9,10). The molecular weight excluding hydrogens is 180 g/mol. The molecule has 2 aromatic heterocycles. The Balaban J connectivity index is 2.90. The summed E-state index contributed by atoms with van der Waals surface area (Å²) in [5.41, 5.74) is 6.41. The lowest BCUT2D eigenvalue weighted by Gasteiger charge is -1.91. The average molecular weight is 185 g/mol. The number of pyridine rings is 1. The summed E-state index contributed by atoms with van der Waals surface area (Å²) in [6, 6.07) is 3.61. The van der Waals surface area contributed by atoms with Crippen LogP contribution in [0.15, 0.2) is 18.3 Å². The van der Waals surface area contributed by atoms with Crippen LogP contribution in [0.1, 0.15) is 0 Å². The van der Waals surface area contributed by atoms with Crippen molar-refractivity contribution >= 4 is 38.8 Å². The molecule has 0 saturated carbocycles. The van der Waals surface area contributed by atoms with Crippen LogP contribution in [0, 0.1) is 0 Å². The van der Waals surface area contributed by atoms with Crippen LogP contribution >= 0.6 is 22.9 Å². The Morgan fingerprint density at radius 3 is 3.09 bits per heavy atom. The number of nitrogens with two attached hydrogens (primary N) is 1. The second kappa shape index (κ2) is 2.36. The van der Waals surface area contributed by atoms with E-state index in [1.54, 1.807) is 12.3 Å². The fourth-order valence-corrected chi connectivity index (χ4v) is 2.02. The topological polar surface area (TPSA) is 38.9 Å². The molecule has 0 aromatic carbocycles. The Morgan fingerprint density at radius 1 is 1.55 bits per heavy atom. The molecule has 2 nitrogen and oxygen atoms in total. The van der Waals surface area contributed by atoms with E-state index < -0.39 is 0 Å². The van der Waals surface area contributed by atoms with Crippen LogP contribution < -0.4 is 5.73 Å². The SMILES string of the molecule is Nc1ccnc2sc(Cl)cc12. The van der Waals surface area contributed by atoms with E-state index >= 15 is 0 Å². The number of thiophene rings is 1. The number of fused-ring (bicyclic) bond motifs is 1. The van der Waals surface area contributed by atoms with Gasteiger partial charge in [-0.2, -0.15) is 0 Å². The summed E-state index contributed by atoms with van der Waals surface area (Å²) >= 11 is 7.22. The molecule has 0 aliphatic rings. The maximum atomic E-state index is 5.78. The molecule has 0 radical (unpaired) electrons. The molecule has 4 heteroatoms. The smallest absolute Gasteiger partial charge is 0.126 e. The number of anilines is 1. The van der Waals surface area contributed by atoms with Gasteiger partial charge in [0, 0.05) is 17.3 Å². The molecule has 0 unspecified atom stereocenters. The molecule has 2 rings (SSSR count). The summed E-state index contributed by atoms with van der Waals surface area (Å²) in [6.07, 6.45) is 1.69. The van der Waals surface area contributed by atoms with Gasteiger partial charge >= 0.3 is 0 Å². The zero-order valence-corrected chi connectivity index (χ0v) is 7.12. The van der Waals surface area contributed by atoms with Crippen LogP contribution in [0.2, 0.25) is 4.34 Å². The normalized spacial score (nSPS) is 10.6. The molecule has 0 aliphatic carbocycles. The molecule has 0 atom stereocenters. The Hall–Kier alpha value is -0.800. The van der Waals surface area contributed by atoms with Gasteiger partial charge in [0.05, 0.1) is 4.34 Å². The Kier molecular flexibility index (Phi) is 1.47. The molecule has 0 bridgehead atoms. The number of halogens is 1. The molecule has 0 amide bonds. The zero-order chi connectivity index (χ0) is 7.84. The lowest BCUT2D eigenvalue weighted by atomic mass is 10.3. The minimum atomic E-state index is 0.727. The van der Waals surface area contributed by atoms with Gasteiger partial charge in [-0.3, -0.25) is 0 Å². The van der Waals surface area contributed by atoms with E-state index in [4.69, 9.17) is 17.3 Å². The summed E-state index contributed by atoms with van der Waals surface area (Å²) in [4.78, 5) is 5.02. The minimum absolute atomic E-state index is 0.727. The second-order valence-electron chi connectivity index (χ2n) is 2.17. The number of rotatable bonds is 0. The first-order valence-corrected chi connectivity index (χ1v) is 4.26. The highest BCUT2D eigenvalue weighted by Crippen LogP contribution is 2.30. The van der Waals surface area contributed by atoms with Crippen molar-refractivity contribution in [1.29, 1.82) is 0 Å². The van der Waals surface area contributed by atoms with Crippen molar-refractivity contribution in [3.05, 3.63) is 22.7 Å². The molecular formula is C7H5ClN2S. The maximum absolute atomic E-state index is 5.78. The molecule has 0 aliphatic heterocycles. The summed E-state index contributed by atoms with van der Waals surface area (Å²) in [5.74, 6) is 0. The predicted octanol–water partition coefficient (Wildman–Crippen LogP) is 2.53. The molecule has 0 spiro atoms. The van der Waals surface area contributed by atoms with Crippen LogP contribution in [-0.4, -0.2) is 4.98 Å². The van der Waals surface area contributed by atoms with E-state index in [9.17, 15) is 0 Å². The van der Waals surface area contributed by atoms with E-state index in [1.807, 2.05) is 6.07 Å². The van der Waals surface area contributed by atoms with Gasteiger partial charge in [-0.05, 0) is 12.1 Å². The third kappa shape index (κ3) is 1.06. The zero-order valence-electron chi connectivity index (χ0n) is 5.54. The largest absolute Gasteiger partial charge is 0.398 e. The number of hydrogen-bond donors (Lipinski definition) is 1. The van der Waals surface area contributed by atoms with Gasteiger partial charge in [-0.1, -0.05) is 11.6 Å². The summed E-state index contributed by atoms with van der Waals surface area (Å²) in [5, 5.41) is 0.947. The van der Waals surface area contributed by atoms with E-state index in [0.717, 1.165) is 20.2 Å². The fraction of sp³-hybridized carbons (Fsp3) is 0. The summed E-state index contributed by atoms with van der Waals surface area (Å²) in [6.45, 7) is 0. The maximum Gasteiger partial charge on any atom is 0.126 e. The molecule has 0 saturated heterocycles. The van der Waals surface area contributed by atoms with Gasteiger partial charge in [0.2, 0.25) is 0 Å². The summed E-state index contributed by atoms with van der Waals surface area (Å²) in [7, 11) is 0. The molecule has 2 N–H and O–H groups in total. The first-order valence-electron chi connectivity index (χ1n) is 3.07. The lowest BCUT2D eigenvalue weighted by Crippen LogP contribution is -1.84. The predicted molar refractivity (Wildman–Crippen MR) is 49.0 cm³/mol. The number of hydrogen-bond acceptors (Lipinski definition) is 3. The van der Waals surface area contributed by atoms with Crippen molar-refractivity contribution in [2.24, 2.45) is 0 Å². The van der Waals surface area contributed by atoms with Crippen LogP contribution in [0.25, 0.3) is 10.2 Å². The van der Waals surface area contributed by atoms with Gasteiger partial charge in [0.15, 0.2) is 0 Å². The summed E-state index contributed by atoms with van der Waals surface area (Å²) < 4.78 is 0.727. The van der Waals surface area contributed by atoms with Crippen LogP contribution in [0.4, 0.5) is 5.69 Å². The van der Waals surface area contributed by atoms with Crippen molar-refractivity contribution in [1.82, 2.24) is 4.98 Å². The fourth-order valence-electron chi connectivity index (χ4n) is 0.930.